The molecule has 3 aromatic rings. The van der Waals surface area contributed by atoms with Crippen molar-refractivity contribution in [1.29, 1.82) is 0 Å². The summed E-state index contributed by atoms with van der Waals surface area (Å²) in [5.41, 5.74) is 0.838. The van der Waals surface area contributed by atoms with E-state index in [1.54, 1.807) is 30.3 Å². The number of pyridine rings is 1. The largest absolute Gasteiger partial charge is 0.496 e. The Morgan fingerprint density at radius 1 is 1.02 bits per heavy atom. The third kappa shape index (κ3) is 8.19. The monoisotopic (exact) mass is 598 g/mol. The van der Waals surface area contributed by atoms with Gasteiger partial charge < -0.3 is 24.2 Å². The van der Waals surface area contributed by atoms with Crippen molar-refractivity contribution in [3.63, 3.8) is 0 Å². The van der Waals surface area contributed by atoms with Gasteiger partial charge >= 0.3 is 12.1 Å². The fourth-order valence-electron chi connectivity index (χ4n) is 5.30. The second-order valence-corrected chi connectivity index (χ2v) is 11.6. The molecule has 1 saturated heterocycles. The lowest BCUT2D eigenvalue weighted by Crippen LogP contribution is -2.32. The molecule has 1 N–H and O–H groups in total. The van der Waals surface area contributed by atoms with Crippen LogP contribution in [0.3, 0.4) is 0 Å². The first-order valence-corrected chi connectivity index (χ1v) is 14.7. The van der Waals surface area contributed by atoms with Crippen LogP contribution in [0.15, 0.2) is 48.0 Å². The molecule has 0 atom stereocenters. The van der Waals surface area contributed by atoms with Gasteiger partial charge in [-0.15, -0.1) is 0 Å². The molecule has 230 valence electrons. The molecule has 5 rings (SSSR count). The van der Waals surface area contributed by atoms with Gasteiger partial charge in [-0.3, -0.25) is 0 Å². The third-order valence-electron chi connectivity index (χ3n) is 8.17. The van der Waals surface area contributed by atoms with Crippen molar-refractivity contribution in [3.05, 3.63) is 64.9 Å². The third-order valence-corrected chi connectivity index (χ3v) is 8.17. The molecule has 43 heavy (non-hydrogen) atoms. The topological polar surface area (TPSA) is 81.1 Å². The van der Waals surface area contributed by atoms with Crippen LogP contribution in [0.5, 0.6) is 17.2 Å². The molecule has 0 unspecified atom stereocenters. The predicted molar refractivity (Wildman–Crippen MR) is 157 cm³/mol. The molecule has 2 heterocycles. The highest BCUT2D eigenvalue weighted by Crippen LogP contribution is 2.37. The molecule has 10 heteroatoms. The maximum atomic E-state index is 13.3. The van der Waals surface area contributed by atoms with Crippen LogP contribution in [-0.4, -0.2) is 54.8 Å². The molecule has 2 fully saturated rings. The van der Waals surface area contributed by atoms with Crippen LogP contribution >= 0.6 is 0 Å². The highest BCUT2D eigenvalue weighted by atomic mass is 19.4. The SMILES string of the molecule is COc1cc(C(F)(F)F)nc2ccc(COc3ccc(OCC4CCN(C)CC4)c(/C=C(\CCC4CC4)C(=O)O)c3)cc12. The molecule has 0 bridgehead atoms. The zero-order valence-corrected chi connectivity index (χ0v) is 24.5. The number of nitrogens with zero attached hydrogens (tertiary/aromatic N) is 2. The molecule has 0 radical (unpaired) electrons. The lowest BCUT2D eigenvalue weighted by molar-refractivity contribution is -0.141. The van der Waals surface area contributed by atoms with Crippen molar-refractivity contribution in [2.75, 3.05) is 33.9 Å². The van der Waals surface area contributed by atoms with E-state index in [0.717, 1.165) is 51.3 Å². The van der Waals surface area contributed by atoms with Crippen molar-refractivity contribution < 1.29 is 37.3 Å². The van der Waals surface area contributed by atoms with Gasteiger partial charge in [0.15, 0.2) is 0 Å². The quantitative estimate of drug-likeness (QED) is 0.221. The van der Waals surface area contributed by atoms with E-state index in [-0.39, 0.29) is 17.9 Å². The van der Waals surface area contributed by atoms with Gasteiger partial charge in [0.1, 0.15) is 29.5 Å². The maximum Gasteiger partial charge on any atom is 0.433 e. The van der Waals surface area contributed by atoms with E-state index in [1.165, 1.54) is 13.2 Å². The van der Waals surface area contributed by atoms with Gasteiger partial charge in [-0.2, -0.15) is 13.2 Å². The zero-order valence-electron chi connectivity index (χ0n) is 24.5. The van der Waals surface area contributed by atoms with Gasteiger partial charge in [-0.1, -0.05) is 18.9 Å². The van der Waals surface area contributed by atoms with E-state index in [9.17, 15) is 23.1 Å². The summed E-state index contributed by atoms with van der Waals surface area (Å²) >= 11 is 0. The minimum atomic E-state index is -4.59. The molecule has 1 aliphatic heterocycles. The summed E-state index contributed by atoms with van der Waals surface area (Å²) in [7, 11) is 3.43. The van der Waals surface area contributed by atoms with E-state index in [0.29, 0.717) is 58.4 Å². The van der Waals surface area contributed by atoms with Crippen molar-refractivity contribution in [3.8, 4) is 17.2 Å². The first-order valence-electron chi connectivity index (χ1n) is 14.7. The highest BCUT2D eigenvalue weighted by molar-refractivity contribution is 5.92. The van der Waals surface area contributed by atoms with Gasteiger partial charge in [0, 0.05) is 22.6 Å². The number of carboxylic acid groups (broad SMARTS) is 1. The number of carbonyl (C=O) groups is 1. The number of hydrogen-bond acceptors (Lipinski definition) is 6. The Bertz CT molecular complexity index is 1480. The van der Waals surface area contributed by atoms with Crippen LogP contribution in [-0.2, 0) is 17.6 Å². The first-order chi connectivity index (χ1) is 20.6. The average molecular weight is 599 g/mol. The van der Waals surface area contributed by atoms with Gasteiger partial charge in [-0.25, -0.2) is 9.78 Å². The number of benzene rings is 2. The number of fused-ring (bicyclic) bond motifs is 1. The van der Waals surface area contributed by atoms with Gasteiger partial charge in [0.25, 0.3) is 0 Å². The van der Waals surface area contributed by atoms with Gasteiger partial charge in [-0.05, 0) is 99.6 Å². The lowest BCUT2D eigenvalue weighted by Gasteiger charge is -2.29. The number of carboxylic acids is 1. The smallest absolute Gasteiger partial charge is 0.433 e. The second-order valence-electron chi connectivity index (χ2n) is 11.6. The van der Waals surface area contributed by atoms with Crippen LogP contribution in [0.1, 0.15) is 55.3 Å². The Balaban J connectivity index is 1.36. The minimum absolute atomic E-state index is 0.0742. The fraction of sp³-hybridized carbons (Fsp3) is 0.455. The normalized spacial score (nSPS) is 16.8. The molecule has 0 spiro atoms. The molecule has 2 aromatic carbocycles. The minimum Gasteiger partial charge on any atom is -0.496 e. The summed E-state index contributed by atoms with van der Waals surface area (Å²) in [5, 5.41) is 10.4. The van der Waals surface area contributed by atoms with E-state index in [4.69, 9.17) is 14.2 Å². The van der Waals surface area contributed by atoms with E-state index < -0.39 is 17.8 Å². The number of rotatable bonds is 12. The van der Waals surface area contributed by atoms with Crippen molar-refractivity contribution >= 4 is 22.9 Å². The number of aromatic nitrogens is 1. The van der Waals surface area contributed by atoms with Crippen LogP contribution in [0.2, 0.25) is 0 Å². The Morgan fingerprint density at radius 3 is 2.47 bits per heavy atom. The lowest BCUT2D eigenvalue weighted by atomic mass is 9.98. The van der Waals surface area contributed by atoms with Gasteiger partial charge in [0.05, 0.1) is 19.2 Å². The number of hydrogen-bond donors (Lipinski definition) is 1. The molecule has 1 saturated carbocycles. The van der Waals surface area contributed by atoms with E-state index >= 15 is 0 Å². The molecule has 1 aromatic heterocycles. The fourth-order valence-corrected chi connectivity index (χ4v) is 5.30. The Labute approximate surface area is 249 Å². The number of methoxy groups -OCH3 is 1. The molecular weight excluding hydrogens is 561 g/mol. The molecule has 2 aliphatic rings. The standard InChI is InChI=1S/C33H37F3N2O5/c1-38-13-11-22(12-14-38)19-43-29-10-8-26(17-25(29)16-24(32(39)40)7-5-21-3-4-21)42-20-23-6-9-28-27(15-23)30(41-2)18-31(37-28)33(34,35)36/h6,8-10,15-18,21-22H,3-5,7,11-14,19-20H2,1-2H3,(H,39,40)/b24-16+. The van der Waals surface area contributed by atoms with Crippen molar-refractivity contribution in [2.24, 2.45) is 11.8 Å². The first kappa shape index (κ1) is 30.7. The second kappa shape index (κ2) is 13.2. The summed E-state index contributed by atoms with van der Waals surface area (Å²) in [4.78, 5) is 18.1. The number of alkyl halides is 3. The Kier molecular flexibility index (Phi) is 9.44. The Hall–Kier alpha value is -3.79. The molecule has 1 aliphatic carbocycles. The highest BCUT2D eigenvalue weighted by Gasteiger charge is 2.33. The van der Waals surface area contributed by atoms with Crippen molar-refractivity contribution in [2.45, 2.75) is 51.3 Å². The van der Waals surface area contributed by atoms with Crippen LogP contribution in [0.4, 0.5) is 13.2 Å². The average Bonchev–Trinajstić information content (AvgIpc) is 3.81. The Morgan fingerprint density at radius 2 is 1.79 bits per heavy atom. The van der Waals surface area contributed by atoms with Crippen LogP contribution < -0.4 is 14.2 Å². The number of piperidine rings is 1. The molecule has 0 amide bonds. The predicted octanol–water partition coefficient (Wildman–Crippen LogP) is 7.22. The summed E-state index contributed by atoms with van der Waals surface area (Å²) in [6, 6.07) is 11.1. The van der Waals surface area contributed by atoms with Crippen molar-refractivity contribution in [1.82, 2.24) is 9.88 Å². The summed E-state index contributed by atoms with van der Waals surface area (Å²) < 4.78 is 57.3. The summed E-state index contributed by atoms with van der Waals surface area (Å²) in [6.45, 7) is 2.74. The molecule has 7 nitrogen and oxygen atoms in total. The number of ether oxygens (including phenoxy) is 3. The maximum absolute atomic E-state index is 13.3. The van der Waals surface area contributed by atoms with E-state index in [2.05, 4.69) is 16.9 Å². The number of aliphatic carboxylic acids is 1. The number of halogens is 3. The molecular formula is C33H37F3N2O5. The van der Waals surface area contributed by atoms with E-state index in [1.807, 2.05) is 6.07 Å². The van der Waals surface area contributed by atoms with Crippen LogP contribution in [0.25, 0.3) is 17.0 Å². The zero-order chi connectivity index (χ0) is 30.6. The summed E-state index contributed by atoms with van der Waals surface area (Å²) in [5.74, 6) is 1.30. The summed E-state index contributed by atoms with van der Waals surface area (Å²) in [6.07, 6.45) is 2.85. The van der Waals surface area contributed by atoms with Crippen LogP contribution in [0, 0.1) is 11.8 Å². The number of likely N-dealkylation sites (tertiary alicyclic amines) is 1. The van der Waals surface area contributed by atoms with Gasteiger partial charge in [0.2, 0.25) is 0 Å².